The Labute approximate surface area is 423 Å². The van der Waals surface area contributed by atoms with Gasteiger partial charge in [0.1, 0.15) is 13.2 Å². The first kappa shape index (κ1) is 65.9. The molecule has 0 aliphatic rings. The molecule has 1 unspecified atom stereocenters. The van der Waals surface area contributed by atoms with E-state index in [9.17, 15) is 14.4 Å². The molecule has 0 aromatic heterocycles. The molecule has 6 heteroatoms. The zero-order valence-electron chi connectivity index (χ0n) is 45.9. The number of ether oxygens (including phenoxy) is 3. The molecule has 0 fully saturated rings. The van der Waals surface area contributed by atoms with Crippen LogP contribution in [-0.2, 0) is 28.6 Å². The second-order valence-electron chi connectivity index (χ2n) is 20.6. The average molecular weight is 958 g/mol. The van der Waals surface area contributed by atoms with Gasteiger partial charge >= 0.3 is 17.9 Å². The number of rotatable bonds is 56. The van der Waals surface area contributed by atoms with Gasteiger partial charge in [-0.15, -0.1) is 0 Å². The monoisotopic (exact) mass is 957 g/mol. The summed E-state index contributed by atoms with van der Waals surface area (Å²) in [6.45, 7) is 6.61. The number of carbonyl (C=O) groups is 3. The summed E-state index contributed by atoms with van der Waals surface area (Å²) in [5.41, 5.74) is 0. The van der Waals surface area contributed by atoms with Gasteiger partial charge in [0, 0.05) is 19.3 Å². The van der Waals surface area contributed by atoms with E-state index in [-0.39, 0.29) is 31.1 Å². The predicted molar refractivity (Wildman–Crippen MR) is 293 cm³/mol. The molecule has 0 aliphatic heterocycles. The Morgan fingerprint density at radius 3 is 0.809 bits per heavy atom. The first-order valence-electron chi connectivity index (χ1n) is 30.3. The second-order valence-corrected chi connectivity index (χ2v) is 20.6. The van der Waals surface area contributed by atoms with Crippen LogP contribution in [0.4, 0.5) is 0 Å². The molecule has 0 spiro atoms. The molecule has 0 bridgehead atoms. The maximum Gasteiger partial charge on any atom is 0.306 e. The number of esters is 3. The van der Waals surface area contributed by atoms with Crippen LogP contribution in [0.3, 0.4) is 0 Å². The summed E-state index contributed by atoms with van der Waals surface area (Å²) < 4.78 is 16.7. The highest BCUT2D eigenvalue weighted by Gasteiger charge is 2.19. The minimum absolute atomic E-state index is 0.0649. The predicted octanol–water partition coefficient (Wildman–Crippen LogP) is 20.3. The molecular weight excluding hydrogens is 841 g/mol. The van der Waals surface area contributed by atoms with Crippen LogP contribution in [0.25, 0.3) is 0 Å². The van der Waals surface area contributed by atoms with Crippen molar-refractivity contribution in [2.75, 3.05) is 13.2 Å². The van der Waals surface area contributed by atoms with E-state index in [4.69, 9.17) is 14.2 Å². The maximum atomic E-state index is 12.7. The van der Waals surface area contributed by atoms with Crippen LogP contribution >= 0.6 is 0 Å². The van der Waals surface area contributed by atoms with E-state index in [1.807, 2.05) is 0 Å². The fourth-order valence-electron chi connectivity index (χ4n) is 9.12. The van der Waals surface area contributed by atoms with Crippen molar-refractivity contribution >= 4 is 17.9 Å². The van der Waals surface area contributed by atoms with E-state index in [0.29, 0.717) is 19.3 Å². The zero-order chi connectivity index (χ0) is 49.3. The van der Waals surface area contributed by atoms with Gasteiger partial charge in [-0.2, -0.15) is 0 Å². The lowest BCUT2D eigenvalue weighted by Crippen LogP contribution is -2.30. The van der Waals surface area contributed by atoms with Gasteiger partial charge in [-0.3, -0.25) is 14.4 Å². The summed E-state index contributed by atoms with van der Waals surface area (Å²) in [5.74, 6) is -0.855. The molecule has 0 aromatic rings. The number of allylic oxidation sites excluding steroid dienone is 4. The topological polar surface area (TPSA) is 78.9 Å². The van der Waals surface area contributed by atoms with Crippen molar-refractivity contribution in [3.05, 3.63) is 24.3 Å². The smallest absolute Gasteiger partial charge is 0.306 e. The molecule has 0 saturated heterocycles. The van der Waals surface area contributed by atoms with Gasteiger partial charge < -0.3 is 14.2 Å². The first-order valence-corrected chi connectivity index (χ1v) is 30.3. The van der Waals surface area contributed by atoms with Gasteiger partial charge in [-0.1, -0.05) is 289 Å². The minimum atomic E-state index is -0.761. The summed E-state index contributed by atoms with van der Waals surface area (Å²) in [5, 5.41) is 0. The molecule has 68 heavy (non-hydrogen) atoms. The molecule has 0 aromatic carbocycles. The molecule has 0 radical (unpaired) electrons. The van der Waals surface area contributed by atoms with Crippen molar-refractivity contribution in [3.8, 4) is 0 Å². The average Bonchev–Trinajstić information content (AvgIpc) is 3.34. The van der Waals surface area contributed by atoms with Crippen molar-refractivity contribution < 1.29 is 28.6 Å². The normalized spacial score (nSPS) is 12.1. The lowest BCUT2D eigenvalue weighted by atomic mass is 10.0. The van der Waals surface area contributed by atoms with Gasteiger partial charge in [0.25, 0.3) is 0 Å². The van der Waals surface area contributed by atoms with Crippen LogP contribution in [0.1, 0.15) is 335 Å². The van der Waals surface area contributed by atoms with Crippen LogP contribution in [0, 0.1) is 0 Å². The van der Waals surface area contributed by atoms with Crippen LogP contribution < -0.4 is 0 Å². The highest BCUT2D eigenvalue weighted by atomic mass is 16.6. The van der Waals surface area contributed by atoms with Gasteiger partial charge in [0.05, 0.1) is 0 Å². The SMILES string of the molecule is CCCCCCC/C=C\C/C=C\CCCCCCCCCCCCCCCCCCCCCCCC(=O)OCC(COC(=O)CCCCCCCCC)OC(=O)CCCCCCCCCCCC. The summed E-state index contributed by atoms with van der Waals surface area (Å²) in [4.78, 5) is 37.8. The van der Waals surface area contributed by atoms with E-state index < -0.39 is 6.10 Å². The van der Waals surface area contributed by atoms with Gasteiger partial charge in [0.15, 0.2) is 6.10 Å². The Balaban J connectivity index is 3.86. The van der Waals surface area contributed by atoms with Crippen molar-refractivity contribution in [1.82, 2.24) is 0 Å². The Kier molecular flexibility index (Phi) is 55.7. The van der Waals surface area contributed by atoms with Crippen molar-refractivity contribution in [1.29, 1.82) is 0 Å². The fourth-order valence-corrected chi connectivity index (χ4v) is 9.12. The zero-order valence-corrected chi connectivity index (χ0v) is 45.9. The number of unbranched alkanes of at least 4 members (excludes halogenated alkanes) is 41. The minimum Gasteiger partial charge on any atom is -0.462 e. The van der Waals surface area contributed by atoms with Gasteiger partial charge in [-0.05, 0) is 51.4 Å². The summed E-state index contributed by atoms with van der Waals surface area (Å²) in [7, 11) is 0. The Bertz CT molecular complexity index is 1100. The van der Waals surface area contributed by atoms with Crippen LogP contribution in [0.15, 0.2) is 24.3 Å². The summed E-state index contributed by atoms with van der Waals surface area (Å²) in [6, 6.07) is 0. The Morgan fingerprint density at radius 2 is 0.529 bits per heavy atom. The van der Waals surface area contributed by atoms with Crippen LogP contribution in [-0.4, -0.2) is 37.2 Å². The van der Waals surface area contributed by atoms with E-state index >= 15 is 0 Å². The molecule has 0 heterocycles. The maximum absolute atomic E-state index is 12.7. The van der Waals surface area contributed by atoms with E-state index in [1.54, 1.807) is 0 Å². The van der Waals surface area contributed by atoms with Gasteiger partial charge in [-0.25, -0.2) is 0 Å². The van der Waals surface area contributed by atoms with Crippen LogP contribution in [0.5, 0.6) is 0 Å². The summed E-state index contributed by atoms with van der Waals surface area (Å²) >= 11 is 0. The number of hydrogen-bond donors (Lipinski definition) is 0. The Hall–Kier alpha value is -2.11. The lowest BCUT2D eigenvalue weighted by molar-refractivity contribution is -0.167. The lowest BCUT2D eigenvalue weighted by Gasteiger charge is -2.18. The summed E-state index contributed by atoms with van der Waals surface area (Å²) in [6.07, 6.45) is 68.0. The molecule has 0 amide bonds. The standard InChI is InChI=1S/C62H116O6/c1-4-7-10-13-16-18-20-21-22-23-24-25-26-27-28-29-30-31-32-33-34-35-36-37-38-39-40-41-42-44-46-49-52-55-61(64)67-58-59(57-66-60(63)54-51-48-45-15-12-9-6-3)68-62(65)56-53-50-47-43-19-17-14-11-8-5-2/h20-21,23-24,59H,4-19,22,25-58H2,1-3H3/b21-20-,24-23-. The Morgan fingerprint density at radius 1 is 0.294 bits per heavy atom. The highest BCUT2D eigenvalue weighted by Crippen LogP contribution is 2.17. The number of hydrogen-bond acceptors (Lipinski definition) is 6. The molecule has 0 N–H and O–H groups in total. The molecule has 0 saturated carbocycles. The van der Waals surface area contributed by atoms with Crippen molar-refractivity contribution in [2.24, 2.45) is 0 Å². The number of carbonyl (C=O) groups excluding carboxylic acids is 3. The van der Waals surface area contributed by atoms with Crippen molar-refractivity contribution in [2.45, 2.75) is 341 Å². The first-order chi connectivity index (χ1) is 33.5. The molecule has 0 aliphatic carbocycles. The second kappa shape index (κ2) is 57.5. The fraction of sp³-hybridized carbons (Fsp3) is 0.887. The third-order valence-corrected chi connectivity index (χ3v) is 13.7. The molecule has 400 valence electrons. The molecule has 6 nitrogen and oxygen atoms in total. The van der Waals surface area contributed by atoms with E-state index in [0.717, 1.165) is 64.2 Å². The van der Waals surface area contributed by atoms with E-state index in [2.05, 4.69) is 45.1 Å². The van der Waals surface area contributed by atoms with Gasteiger partial charge in [0.2, 0.25) is 0 Å². The van der Waals surface area contributed by atoms with Crippen molar-refractivity contribution in [3.63, 3.8) is 0 Å². The third kappa shape index (κ3) is 54.8. The molecular formula is C62H116O6. The highest BCUT2D eigenvalue weighted by molar-refractivity contribution is 5.71. The van der Waals surface area contributed by atoms with Crippen LogP contribution in [0.2, 0.25) is 0 Å². The largest absolute Gasteiger partial charge is 0.462 e. The molecule has 1 atom stereocenters. The molecule has 0 rings (SSSR count). The third-order valence-electron chi connectivity index (χ3n) is 13.7. The quantitative estimate of drug-likeness (QED) is 0.0262. The van der Waals surface area contributed by atoms with E-state index in [1.165, 1.54) is 231 Å².